The number of ether oxygens (including phenoxy) is 2. The molecule has 1 unspecified atom stereocenters. The van der Waals surface area contributed by atoms with E-state index < -0.39 is 41.3 Å². The van der Waals surface area contributed by atoms with Crippen molar-refractivity contribution >= 4 is 36.9 Å². The van der Waals surface area contributed by atoms with Crippen LogP contribution in [0.4, 0.5) is 0 Å². The molecule has 2 aromatic rings. The zero-order valence-corrected chi connectivity index (χ0v) is 19.4. The molecular weight excluding hydrogens is 446 g/mol. The van der Waals surface area contributed by atoms with Gasteiger partial charge in [-0.15, -0.1) is 0 Å². The molecule has 0 aliphatic heterocycles. The average molecular weight is 472 g/mol. The normalized spacial score (nSPS) is 20.3. The second-order valence-electron chi connectivity index (χ2n) is 8.11. The quantitative estimate of drug-likeness (QED) is 0.289. The Balaban J connectivity index is 1.88. The predicted octanol–water partition coefficient (Wildman–Crippen LogP) is 4.20. The number of carbonyl (C=O) groups is 3. The van der Waals surface area contributed by atoms with Crippen molar-refractivity contribution < 1.29 is 32.2 Å². The van der Waals surface area contributed by atoms with Gasteiger partial charge < -0.3 is 13.7 Å². The first-order valence-corrected chi connectivity index (χ1v) is 10.9. The van der Waals surface area contributed by atoms with Gasteiger partial charge in [0.15, 0.2) is 11.7 Å². The van der Waals surface area contributed by atoms with Gasteiger partial charge in [0.05, 0.1) is 16.7 Å². The summed E-state index contributed by atoms with van der Waals surface area (Å²) in [7, 11) is 0. The number of nitrogens with zero attached hydrogens (tertiary/aromatic N) is 1. The minimum absolute atomic E-state index is 0.200. The Morgan fingerprint density at radius 2 is 1.58 bits per heavy atom. The van der Waals surface area contributed by atoms with Crippen LogP contribution in [0.15, 0.2) is 65.7 Å². The first kappa shape index (κ1) is 24.5. The summed E-state index contributed by atoms with van der Waals surface area (Å²) in [6.07, 6.45) is -1.58. The molecular formula is C24H25NO7S. The molecule has 3 atom stereocenters. The van der Waals surface area contributed by atoms with Gasteiger partial charge in [0.2, 0.25) is 12.3 Å². The molecule has 2 aromatic carbocycles. The number of rotatable bonds is 10. The molecule has 9 heteroatoms. The monoisotopic (exact) mass is 471 g/mol. The van der Waals surface area contributed by atoms with Gasteiger partial charge in [0, 0.05) is 13.3 Å². The maximum absolute atomic E-state index is 12.9. The molecule has 1 saturated carbocycles. The van der Waals surface area contributed by atoms with Crippen LogP contribution in [0, 0.1) is 0 Å². The topological polar surface area (TPSA) is 100 Å². The molecule has 33 heavy (non-hydrogen) atoms. The number of hydrogen-bond donors (Lipinski definition) is 0. The van der Waals surface area contributed by atoms with Crippen molar-refractivity contribution in [1.82, 2.24) is 0 Å². The lowest BCUT2D eigenvalue weighted by molar-refractivity contribution is -0.131. The van der Waals surface area contributed by atoms with Crippen molar-refractivity contribution in [2.24, 2.45) is 4.99 Å². The lowest BCUT2D eigenvalue weighted by atomic mass is 9.91. The lowest BCUT2D eigenvalue weighted by Gasteiger charge is -2.35. The number of aliphatic imine (C=N–C) groups is 1. The predicted molar refractivity (Wildman–Crippen MR) is 123 cm³/mol. The fourth-order valence-electron chi connectivity index (χ4n) is 3.35. The molecule has 1 aliphatic carbocycles. The third kappa shape index (κ3) is 5.80. The van der Waals surface area contributed by atoms with E-state index in [9.17, 15) is 14.4 Å². The highest BCUT2D eigenvalue weighted by molar-refractivity contribution is 7.90. The smallest absolute Gasteiger partial charge is 0.338 e. The molecule has 0 N–H and O–H groups in total. The molecule has 0 amide bonds. The Bertz CT molecular complexity index is 1010. The van der Waals surface area contributed by atoms with Crippen molar-refractivity contribution in [3.05, 3.63) is 71.8 Å². The van der Waals surface area contributed by atoms with E-state index in [0.29, 0.717) is 23.5 Å². The van der Waals surface area contributed by atoms with Crippen LogP contribution < -0.4 is 0 Å². The van der Waals surface area contributed by atoms with Gasteiger partial charge >= 0.3 is 17.9 Å². The Morgan fingerprint density at radius 1 is 1.03 bits per heavy atom. The fourth-order valence-corrected chi connectivity index (χ4v) is 3.87. The molecule has 0 radical (unpaired) electrons. The van der Waals surface area contributed by atoms with E-state index in [1.165, 1.54) is 6.92 Å². The molecule has 1 fully saturated rings. The highest BCUT2D eigenvalue weighted by Crippen LogP contribution is 2.53. The summed E-state index contributed by atoms with van der Waals surface area (Å²) >= 11 is 0.441. The second-order valence-corrected chi connectivity index (χ2v) is 8.58. The van der Waals surface area contributed by atoms with E-state index in [0.717, 1.165) is 0 Å². The maximum atomic E-state index is 12.9. The largest absolute Gasteiger partial charge is 0.455 e. The Hall–Kier alpha value is -3.17. The number of benzene rings is 2. The summed E-state index contributed by atoms with van der Waals surface area (Å²) in [6.45, 7) is 8.29. The zero-order chi connectivity index (χ0) is 24.1. The van der Waals surface area contributed by atoms with Crippen molar-refractivity contribution in [3.63, 3.8) is 0 Å². The fraction of sp³-hybridized carbons (Fsp3) is 0.333. The third-order valence-corrected chi connectivity index (χ3v) is 5.90. The minimum atomic E-state index is -1.31. The van der Waals surface area contributed by atoms with Crippen LogP contribution in [-0.4, -0.2) is 48.0 Å². The van der Waals surface area contributed by atoms with Crippen molar-refractivity contribution in [2.45, 2.75) is 50.5 Å². The third-order valence-electron chi connectivity index (χ3n) is 5.22. The standard InChI is InChI=1S/C24H25NO7S/c1-16(26)31-33-32-24(15-19(24)29-20(27)17-11-7-5-8-12-17)22(23(2,3)25-4)30-21(28)18-13-9-6-10-14-18/h5-14,19,22H,4,15H2,1-3H3/t19-,22+,24?/m1/s1. The molecule has 0 bridgehead atoms. The molecule has 0 spiro atoms. The molecule has 0 saturated heterocycles. The summed E-state index contributed by atoms with van der Waals surface area (Å²) in [6, 6.07) is 16.9. The van der Waals surface area contributed by atoms with Crippen LogP contribution in [-0.2, 0) is 22.6 Å². The number of hydrogen-bond acceptors (Lipinski definition) is 9. The van der Waals surface area contributed by atoms with Gasteiger partial charge in [0.25, 0.3) is 0 Å². The van der Waals surface area contributed by atoms with Gasteiger partial charge in [-0.3, -0.25) is 14.0 Å². The summed E-state index contributed by atoms with van der Waals surface area (Å²) in [5.74, 6) is -1.73. The van der Waals surface area contributed by atoms with Crippen LogP contribution in [0.1, 0.15) is 47.9 Å². The molecule has 174 valence electrons. The Labute approximate surface area is 196 Å². The summed E-state index contributed by atoms with van der Waals surface area (Å²) < 4.78 is 22.2. The van der Waals surface area contributed by atoms with E-state index >= 15 is 0 Å². The summed E-state index contributed by atoms with van der Waals surface area (Å²) in [4.78, 5) is 40.9. The maximum Gasteiger partial charge on any atom is 0.338 e. The van der Waals surface area contributed by atoms with E-state index in [4.69, 9.17) is 17.8 Å². The Morgan fingerprint density at radius 3 is 2.09 bits per heavy atom. The van der Waals surface area contributed by atoms with E-state index in [2.05, 4.69) is 11.7 Å². The van der Waals surface area contributed by atoms with Crippen LogP contribution in [0.25, 0.3) is 0 Å². The van der Waals surface area contributed by atoms with Gasteiger partial charge in [-0.05, 0) is 44.8 Å². The molecule has 0 aromatic heterocycles. The molecule has 0 heterocycles. The Kier molecular flexibility index (Phi) is 7.55. The molecule has 1 aliphatic rings. The van der Waals surface area contributed by atoms with Crippen LogP contribution in [0.3, 0.4) is 0 Å². The first-order valence-electron chi connectivity index (χ1n) is 10.2. The highest BCUT2D eigenvalue weighted by Gasteiger charge is 2.70. The molecule has 3 rings (SSSR count). The van der Waals surface area contributed by atoms with E-state index in [-0.39, 0.29) is 6.42 Å². The highest BCUT2D eigenvalue weighted by atomic mass is 32.2. The lowest BCUT2D eigenvalue weighted by Crippen LogP contribution is -2.50. The molecule has 8 nitrogen and oxygen atoms in total. The van der Waals surface area contributed by atoms with Gasteiger partial charge in [-0.25, -0.2) is 9.59 Å². The van der Waals surface area contributed by atoms with E-state index in [1.807, 2.05) is 0 Å². The van der Waals surface area contributed by atoms with Crippen molar-refractivity contribution in [1.29, 1.82) is 0 Å². The van der Waals surface area contributed by atoms with Crippen LogP contribution in [0.5, 0.6) is 0 Å². The second kappa shape index (κ2) is 10.2. The van der Waals surface area contributed by atoms with Gasteiger partial charge in [-0.2, -0.15) is 0 Å². The first-order chi connectivity index (χ1) is 15.7. The van der Waals surface area contributed by atoms with Crippen molar-refractivity contribution in [2.75, 3.05) is 0 Å². The SMILES string of the molecule is C=NC(C)(C)[C@H](OC(=O)c1ccccc1)C1(OSOC(C)=O)C[C@H]1OC(=O)c1ccccc1. The number of esters is 2. The van der Waals surface area contributed by atoms with Crippen LogP contribution >= 0.6 is 12.3 Å². The van der Waals surface area contributed by atoms with Crippen molar-refractivity contribution in [3.8, 4) is 0 Å². The van der Waals surface area contributed by atoms with Gasteiger partial charge in [0.1, 0.15) is 6.10 Å². The van der Waals surface area contributed by atoms with Crippen LogP contribution in [0.2, 0.25) is 0 Å². The average Bonchev–Trinajstić information content (AvgIpc) is 3.50. The minimum Gasteiger partial charge on any atom is -0.455 e. The number of carbonyl (C=O) groups excluding carboxylic acids is 3. The summed E-state index contributed by atoms with van der Waals surface area (Å²) in [5.41, 5.74) is -1.62. The summed E-state index contributed by atoms with van der Waals surface area (Å²) in [5, 5.41) is 0. The van der Waals surface area contributed by atoms with E-state index in [1.54, 1.807) is 74.5 Å². The zero-order valence-electron chi connectivity index (χ0n) is 18.6. The van der Waals surface area contributed by atoms with Gasteiger partial charge in [-0.1, -0.05) is 36.4 Å².